The number of allylic oxidation sites excluding steroid dienone is 5. The Hall–Kier alpha value is -0.770. The van der Waals surface area contributed by atoms with E-state index in [9.17, 15) is 9.59 Å². The Balaban J connectivity index is 4.11. The Morgan fingerprint density at radius 3 is 2.32 bits per heavy atom. The van der Waals surface area contributed by atoms with Crippen molar-refractivity contribution in [2.24, 2.45) is 0 Å². The highest BCUT2D eigenvalue weighted by molar-refractivity contribution is 6.76. The van der Waals surface area contributed by atoms with E-state index in [0.29, 0.717) is 12.1 Å². The summed E-state index contributed by atoms with van der Waals surface area (Å²) >= 11 is 16.4. The van der Waals surface area contributed by atoms with Crippen molar-refractivity contribution < 1.29 is 9.59 Å². The first-order valence-electron chi connectivity index (χ1n) is 7.05. The number of ketones is 1. The van der Waals surface area contributed by atoms with Crippen LogP contribution < -0.4 is 5.32 Å². The second-order valence-corrected chi connectivity index (χ2v) is 7.28. The number of unbranched alkanes of at least 4 members (excludes halogenated alkanes) is 3. The lowest BCUT2D eigenvalue weighted by atomic mass is 10.1. The van der Waals surface area contributed by atoms with E-state index in [-0.39, 0.29) is 5.78 Å². The molecule has 0 aliphatic heterocycles. The van der Waals surface area contributed by atoms with Gasteiger partial charge in [-0.3, -0.25) is 9.59 Å². The van der Waals surface area contributed by atoms with Gasteiger partial charge in [0, 0.05) is 12.1 Å². The topological polar surface area (TPSA) is 46.2 Å². The summed E-state index contributed by atoms with van der Waals surface area (Å²) in [6.45, 7) is 7.11. The van der Waals surface area contributed by atoms with Crippen LogP contribution >= 0.6 is 34.8 Å². The molecule has 0 spiro atoms. The largest absolute Gasteiger partial charge is 0.326 e. The van der Waals surface area contributed by atoms with Crippen molar-refractivity contribution in [1.29, 1.82) is 0 Å². The van der Waals surface area contributed by atoms with Crippen LogP contribution in [0.4, 0.5) is 0 Å². The molecule has 0 fully saturated rings. The van der Waals surface area contributed by atoms with Crippen LogP contribution in [0.15, 0.2) is 36.1 Å². The van der Waals surface area contributed by atoms with E-state index in [1.807, 2.05) is 13.0 Å². The van der Waals surface area contributed by atoms with E-state index in [0.717, 1.165) is 31.3 Å². The molecule has 0 heterocycles. The van der Waals surface area contributed by atoms with Gasteiger partial charge < -0.3 is 5.32 Å². The summed E-state index contributed by atoms with van der Waals surface area (Å²) in [6.07, 6.45) is 9.61. The molecule has 0 aromatic rings. The second-order valence-electron chi connectivity index (χ2n) is 5.00. The average Bonchev–Trinajstić information content (AvgIpc) is 2.40. The average molecular weight is 367 g/mol. The Bertz CT molecular complexity index is 463. The van der Waals surface area contributed by atoms with Crippen LogP contribution in [-0.4, -0.2) is 15.5 Å². The standard InChI is InChI=1S/C16H22Cl3NO2/c1-4-14(21)10-8-6-5-7-9-12(2)11-13(3)20-15(22)16(17,18)19/h4,9,11H,1,5-8,10H2,2-3H3,(H,20,22)/b12-9-,13-11-. The van der Waals surface area contributed by atoms with Crippen LogP contribution in [0.5, 0.6) is 0 Å². The van der Waals surface area contributed by atoms with Gasteiger partial charge in [0.05, 0.1) is 0 Å². The van der Waals surface area contributed by atoms with Crippen molar-refractivity contribution in [1.82, 2.24) is 5.32 Å². The fraction of sp³-hybridized carbons (Fsp3) is 0.500. The number of hydrogen-bond acceptors (Lipinski definition) is 2. The fourth-order valence-electron chi connectivity index (χ4n) is 1.74. The predicted octanol–water partition coefficient (Wildman–Crippen LogP) is 5.03. The van der Waals surface area contributed by atoms with E-state index in [4.69, 9.17) is 34.8 Å². The molecule has 0 aliphatic rings. The smallest absolute Gasteiger partial charge is 0.276 e. The van der Waals surface area contributed by atoms with Gasteiger partial charge in [-0.15, -0.1) is 0 Å². The molecule has 1 amide bonds. The molecule has 0 aromatic carbocycles. The van der Waals surface area contributed by atoms with Crippen LogP contribution in [-0.2, 0) is 9.59 Å². The van der Waals surface area contributed by atoms with Crippen LogP contribution in [0.25, 0.3) is 0 Å². The summed E-state index contributed by atoms with van der Waals surface area (Å²) in [7, 11) is 0. The van der Waals surface area contributed by atoms with Crippen molar-refractivity contribution in [3.63, 3.8) is 0 Å². The number of carbonyl (C=O) groups excluding carboxylic acids is 2. The van der Waals surface area contributed by atoms with Crippen LogP contribution in [0.3, 0.4) is 0 Å². The first kappa shape index (κ1) is 21.2. The third-order valence-corrected chi connectivity index (χ3v) is 3.35. The van der Waals surface area contributed by atoms with Gasteiger partial charge >= 0.3 is 0 Å². The van der Waals surface area contributed by atoms with Gasteiger partial charge in [0.2, 0.25) is 0 Å². The minimum atomic E-state index is -1.96. The predicted molar refractivity (Wildman–Crippen MR) is 94.2 cm³/mol. The van der Waals surface area contributed by atoms with Crippen molar-refractivity contribution >= 4 is 46.5 Å². The van der Waals surface area contributed by atoms with E-state index in [1.54, 1.807) is 6.92 Å². The van der Waals surface area contributed by atoms with Crippen molar-refractivity contribution in [2.45, 2.75) is 49.7 Å². The maximum atomic E-state index is 11.5. The van der Waals surface area contributed by atoms with Gasteiger partial charge in [-0.2, -0.15) is 0 Å². The number of halogens is 3. The number of nitrogens with one attached hydrogen (secondary N) is 1. The molecule has 0 saturated carbocycles. The molecule has 3 nitrogen and oxygen atoms in total. The molecule has 0 aromatic heterocycles. The molecule has 0 rings (SSSR count). The number of hydrogen-bond donors (Lipinski definition) is 1. The Kier molecular flexibility index (Phi) is 10.5. The Morgan fingerprint density at radius 1 is 1.14 bits per heavy atom. The Labute approximate surface area is 147 Å². The highest BCUT2D eigenvalue weighted by Gasteiger charge is 2.30. The zero-order valence-electron chi connectivity index (χ0n) is 12.9. The molecule has 6 heteroatoms. The van der Waals surface area contributed by atoms with E-state index in [1.165, 1.54) is 6.08 Å². The van der Waals surface area contributed by atoms with Gasteiger partial charge in [-0.05, 0) is 45.3 Å². The quantitative estimate of drug-likeness (QED) is 0.269. The van der Waals surface area contributed by atoms with E-state index in [2.05, 4.69) is 18.0 Å². The van der Waals surface area contributed by atoms with Crippen LogP contribution in [0, 0.1) is 0 Å². The molecule has 0 unspecified atom stereocenters. The molecule has 0 saturated heterocycles. The lowest BCUT2D eigenvalue weighted by Crippen LogP contribution is -2.33. The molecular formula is C16H22Cl3NO2. The summed E-state index contributed by atoms with van der Waals surface area (Å²) in [6, 6.07) is 0. The minimum Gasteiger partial charge on any atom is -0.326 e. The maximum Gasteiger partial charge on any atom is 0.276 e. The molecular weight excluding hydrogens is 345 g/mol. The summed E-state index contributed by atoms with van der Waals surface area (Å²) < 4.78 is -1.96. The summed E-state index contributed by atoms with van der Waals surface area (Å²) in [4.78, 5) is 22.5. The van der Waals surface area contributed by atoms with Crippen LogP contribution in [0.2, 0.25) is 0 Å². The molecule has 1 N–H and O–H groups in total. The zero-order chi connectivity index (χ0) is 17.2. The summed E-state index contributed by atoms with van der Waals surface area (Å²) in [5.41, 5.74) is 1.63. The summed E-state index contributed by atoms with van der Waals surface area (Å²) in [5, 5.41) is 2.52. The highest BCUT2D eigenvalue weighted by atomic mass is 35.6. The number of rotatable bonds is 9. The van der Waals surface area contributed by atoms with Gasteiger partial charge in [0.25, 0.3) is 9.70 Å². The summed E-state index contributed by atoms with van der Waals surface area (Å²) in [5.74, 6) is -0.582. The van der Waals surface area contributed by atoms with Crippen molar-refractivity contribution in [2.75, 3.05) is 0 Å². The highest BCUT2D eigenvalue weighted by Crippen LogP contribution is 2.26. The lowest BCUT2D eigenvalue weighted by Gasteiger charge is -2.11. The number of carbonyl (C=O) groups is 2. The van der Waals surface area contributed by atoms with Gasteiger partial charge in [-0.1, -0.05) is 59.5 Å². The van der Waals surface area contributed by atoms with Gasteiger partial charge in [-0.25, -0.2) is 0 Å². The maximum absolute atomic E-state index is 11.5. The number of amides is 1. The molecule has 0 aliphatic carbocycles. The first-order chi connectivity index (χ1) is 10.2. The third kappa shape index (κ3) is 10.9. The zero-order valence-corrected chi connectivity index (χ0v) is 15.2. The van der Waals surface area contributed by atoms with Crippen molar-refractivity contribution in [3.05, 3.63) is 36.1 Å². The van der Waals surface area contributed by atoms with Gasteiger partial charge in [0.1, 0.15) is 0 Å². The first-order valence-corrected chi connectivity index (χ1v) is 8.18. The molecule has 0 atom stereocenters. The molecule has 0 radical (unpaired) electrons. The molecule has 0 bridgehead atoms. The fourth-order valence-corrected chi connectivity index (χ4v) is 1.88. The van der Waals surface area contributed by atoms with Crippen LogP contribution in [0.1, 0.15) is 46.0 Å². The normalized spacial score (nSPS) is 13.0. The Morgan fingerprint density at radius 2 is 1.77 bits per heavy atom. The third-order valence-electron chi connectivity index (χ3n) is 2.83. The van der Waals surface area contributed by atoms with Crippen molar-refractivity contribution in [3.8, 4) is 0 Å². The van der Waals surface area contributed by atoms with E-state index >= 15 is 0 Å². The lowest BCUT2D eigenvalue weighted by molar-refractivity contribution is -0.119. The molecule has 22 heavy (non-hydrogen) atoms. The SMILES string of the molecule is C=CC(=O)CCCCC/C=C(C)\C=C(\C)NC(=O)C(Cl)(Cl)Cl. The minimum absolute atomic E-state index is 0.0926. The van der Waals surface area contributed by atoms with E-state index < -0.39 is 9.70 Å². The second kappa shape index (κ2) is 10.9. The number of alkyl halides is 3. The molecule has 124 valence electrons. The van der Waals surface area contributed by atoms with Gasteiger partial charge in [0.15, 0.2) is 5.78 Å². The monoisotopic (exact) mass is 365 g/mol.